The van der Waals surface area contributed by atoms with E-state index in [1.165, 1.54) is 36.4 Å². The molecule has 2 aromatic carbocycles. The molecule has 0 saturated carbocycles. The number of aliphatic hydroxyl groups is 1. The third-order valence-electron chi connectivity index (χ3n) is 5.64. The third kappa shape index (κ3) is 4.35. The smallest absolute Gasteiger partial charge is 0.278 e. The molecule has 2 aliphatic rings. The van der Waals surface area contributed by atoms with Gasteiger partial charge in [0.1, 0.15) is 17.3 Å². The molecular formula is C23H23F2N3O3. The Kier molecular flexibility index (Phi) is 6.11. The van der Waals surface area contributed by atoms with E-state index < -0.39 is 23.4 Å². The van der Waals surface area contributed by atoms with Crippen molar-refractivity contribution in [3.63, 3.8) is 0 Å². The van der Waals surface area contributed by atoms with Crippen LogP contribution in [0.2, 0.25) is 0 Å². The summed E-state index contributed by atoms with van der Waals surface area (Å²) in [6.45, 7) is 3.01. The van der Waals surface area contributed by atoms with Crippen LogP contribution in [0.15, 0.2) is 54.2 Å². The van der Waals surface area contributed by atoms with Gasteiger partial charge in [0.15, 0.2) is 0 Å². The summed E-state index contributed by atoms with van der Waals surface area (Å²) in [6, 6.07) is 11.2. The fourth-order valence-corrected chi connectivity index (χ4v) is 3.99. The summed E-state index contributed by atoms with van der Waals surface area (Å²) in [5.41, 5.74) is 1.68. The molecule has 1 fully saturated rings. The van der Waals surface area contributed by atoms with Crippen molar-refractivity contribution in [2.75, 3.05) is 39.3 Å². The maximum atomic E-state index is 13.5. The first-order valence-corrected chi connectivity index (χ1v) is 10.2. The van der Waals surface area contributed by atoms with Gasteiger partial charge in [0.25, 0.3) is 11.8 Å². The molecular weight excluding hydrogens is 404 g/mol. The molecule has 1 N–H and O–H groups in total. The molecule has 0 radical (unpaired) electrons. The molecule has 2 aliphatic heterocycles. The number of piperazine rings is 1. The third-order valence-corrected chi connectivity index (χ3v) is 5.64. The molecule has 2 aromatic rings. The molecule has 0 aromatic heterocycles. The maximum Gasteiger partial charge on any atom is 0.278 e. The van der Waals surface area contributed by atoms with Gasteiger partial charge in [-0.25, -0.2) is 8.78 Å². The van der Waals surface area contributed by atoms with E-state index in [-0.39, 0.29) is 18.7 Å². The number of imide groups is 1. The molecule has 4 rings (SSSR count). The number of halogens is 2. The molecule has 2 heterocycles. The van der Waals surface area contributed by atoms with Gasteiger partial charge in [-0.2, -0.15) is 0 Å². The first-order valence-electron chi connectivity index (χ1n) is 10.2. The van der Waals surface area contributed by atoms with Gasteiger partial charge in [0.05, 0.1) is 18.7 Å². The zero-order valence-corrected chi connectivity index (χ0v) is 16.9. The Hall–Kier alpha value is -3.10. The van der Waals surface area contributed by atoms with Crippen LogP contribution in [0, 0.1) is 11.6 Å². The molecule has 0 bridgehead atoms. The molecule has 6 nitrogen and oxygen atoms in total. The number of carbonyl (C=O) groups excluding carboxylic acids is 2. The highest BCUT2D eigenvalue weighted by Gasteiger charge is 2.42. The molecule has 0 atom stereocenters. The fourth-order valence-electron chi connectivity index (χ4n) is 3.99. The maximum absolute atomic E-state index is 13.5. The minimum Gasteiger partial charge on any atom is -0.395 e. The van der Waals surface area contributed by atoms with Gasteiger partial charge in [0, 0.05) is 32.7 Å². The van der Waals surface area contributed by atoms with Crippen molar-refractivity contribution in [1.82, 2.24) is 14.7 Å². The van der Waals surface area contributed by atoms with Crippen LogP contribution in [-0.2, 0) is 16.1 Å². The van der Waals surface area contributed by atoms with Crippen LogP contribution in [0.1, 0.15) is 11.1 Å². The molecule has 0 unspecified atom stereocenters. The van der Waals surface area contributed by atoms with Crippen LogP contribution < -0.4 is 0 Å². The van der Waals surface area contributed by atoms with E-state index >= 15 is 0 Å². The van der Waals surface area contributed by atoms with Crippen molar-refractivity contribution in [3.05, 3.63) is 77.0 Å². The minimum absolute atomic E-state index is 0.0244. The summed E-state index contributed by atoms with van der Waals surface area (Å²) in [7, 11) is 0. The lowest BCUT2D eigenvalue weighted by molar-refractivity contribution is -0.138. The average molecular weight is 427 g/mol. The highest BCUT2D eigenvalue weighted by Crippen LogP contribution is 2.33. The number of nitrogens with zero attached hydrogens (tertiary/aromatic N) is 3. The number of amides is 2. The van der Waals surface area contributed by atoms with Gasteiger partial charge < -0.3 is 10.0 Å². The van der Waals surface area contributed by atoms with E-state index in [0.717, 1.165) is 4.90 Å². The lowest BCUT2D eigenvalue weighted by Gasteiger charge is -2.36. The monoisotopic (exact) mass is 427 g/mol. The summed E-state index contributed by atoms with van der Waals surface area (Å²) >= 11 is 0. The molecule has 162 valence electrons. The normalized spacial score (nSPS) is 17.8. The standard InChI is InChI=1S/C23H23F2N3O3/c24-18-5-1-16(2-6-18)15-28-22(30)20(17-3-7-19(25)8-4-17)21(23(28)31)27-11-9-26(10-12-27)13-14-29/h1-8,29H,9-15H2. The lowest BCUT2D eigenvalue weighted by atomic mass is 10.0. The van der Waals surface area contributed by atoms with E-state index in [1.54, 1.807) is 12.1 Å². The predicted molar refractivity (Wildman–Crippen MR) is 110 cm³/mol. The van der Waals surface area contributed by atoms with E-state index in [0.29, 0.717) is 49.5 Å². The Labute approximate surface area is 179 Å². The number of benzene rings is 2. The number of hydrogen-bond acceptors (Lipinski definition) is 5. The van der Waals surface area contributed by atoms with Gasteiger partial charge in [-0.15, -0.1) is 0 Å². The Morgan fingerprint density at radius 2 is 1.39 bits per heavy atom. The Balaban J connectivity index is 1.66. The van der Waals surface area contributed by atoms with Gasteiger partial charge >= 0.3 is 0 Å². The van der Waals surface area contributed by atoms with E-state index in [2.05, 4.69) is 4.90 Å². The topological polar surface area (TPSA) is 64.1 Å². The van der Waals surface area contributed by atoms with Gasteiger partial charge in [0.2, 0.25) is 0 Å². The Bertz CT molecular complexity index is 998. The second kappa shape index (κ2) is 8.95. The zero-order valence-electron chi connectivity index (χ0n) is 16.9. The second-order valence-electron chi connectivity index (χ2n) is 7.61. The van der Waals surface area contributed by atoms with Crippen LogP contribution in [0.3, 0.4) is 0 Å². The quantitative estimate of drug-likeness (QED) is 0.713. The van der Waals surface area contributed by atoms with Crippen molar-refractivity contribution in [2.45, 2.75) is 6.54 Å². The largest absolute Gasteiger partial charge is 0.395 e. The van der Waals surface area contributed by atoms with Crippen LogP contribution in [-0.4, -0.2) is 71.0 Å². The Morgan fingerprint density at radius 1 is 0.806 bits per heavy atom. The minimum atomic E-state index is -0.450. The Morgan fingerprint density at radius 3 is 1.97 bits per heavy atom. The summed E-state index contributed by atoms with van der Waals surface area (Å²) in [5, 5.41) is 9.15. The number of hydrogen-bond donors (Lipinski definition) is 1. The first-order chi connectivity index (χ1) is 15.0. The number of aliphatic hydroxyl groups excluding tert-OH is 1. The van der Waals surface area contributed by atoms with Crippen molar-refractivity contribution in [2.24, 2.45) is 0 Å². The van der Waals surface area contributed by atoms with Gasteiger partial charge in [-0.1, -0.05) is 24.3 Å². The van der Waals surface area contributed by atoms with Crippen molar-refractivity contribution in [3.8, 4) is 0 Å². The summed E-state index contributed by atoms with van der Waals surface area (Å²) < 4.78 is 26.7. The van der Waals surface area contributed by atoms with Crippen molar-refractivity contribution in [1.29, 1.82) is 0 Å². The molecule has 8 heteroatoms. The summed E-state index contributed by atoms with van der Waals surface area (Å²) in [4.78, 5) is 31.8. The van der Waals surface area contributed by atoms with E-state index in [1.807, 2.05) is 4.90 Å². The SMILES string of the molecule is O=C1C(c2ccc(F)cc2)=C(N2CCN(CCO)CC2)C(=O)N1Cc1ccc(F)cc1. The highest BCUT2D eigenvalue weighted by atomic mass is 19.1. The predicted octanol–water partition coefficient (Wildman–Crippen LogP) is 1.85. The van der Waals surface area contributed by atoms with Crippen molar-refractivity contribution >= 4 is 17.4 Å². The van der Waals surface area contributed by atoms with Crippen LogP contribution in [0.5, 0.6) is 0 Å². The number of rotatable bonds is 6. The van der Waals surface area contributed by atoms with Crippen LogP contribution in [0.4, 0.5) is 8.78 Å². The van der Waals surface area contributed by atoms with Crippen LogP contribution >= 0.6 is 0 Å². The first kappa shape index (κ1) is 21.1. The highest BCUT2D eigenvalue weighted by molar-refractivity contribution is 6.35. The van der Waals surface area contributed by atoms with Gasteiger partial charge in [-0.05, 0) is 35.4 Å². The summed E-state index contributed by atoms with van der Waals surface area (Å²) in [6.07, 6.45) is 0. The molecule has 0 aliphatic carbocycles. The van der Waals surface area contributed by atoms with E-state index in [9.17, 15) is 18.4 Å². The van der Waals surface area contributed by atoms with Crippen molar-refractivity contribution < 1.29 is 23.5 Å². The number of carbonyl (C=O) groups is 2. The fraction of sp³-hybridized carbons (Fsp3) is 0.304. The zero-order chi connectivity index (χ0) is 22.0. The molecule has 1 saturated heterocycles. The second-order valence-corrected chi connectivity index (χ2v) is 7.61. The lowest BCUT2D eigenvalue weighted by Crippen LogP contribution is -2.48. The number of β-amino-alcohol motifs (C(OH)–C–C–N with tert-alkyl or cyclic N) is 1. The van der Waals surface area contributed by atoms with Gasteiger partial charge in [-0.3, -0.25) is 19.4 Å². The molecule has 0 spiro atoms. The average Bonchev–Trinajstić information content (AvgIpc) is 3.01. The summed E-state index contributed by atoms with van der Waals surface area (Å²) in [5.74, 6) is -1.68. The van der Waals surface area contributed by atoms with Crippen LogP contribution in [0.25, 0.3) is 5.57 Å². The molecule has 2 amide bonds. The molecule has 31 heavy (non-hydrogen) atoms. The van der Waals surface area contributed by atoms with E-state index in [4.69, 9.17) is 5.11 Å².